The predicted octanol–water partition coefficient (Wildman–Crippen LogP) is -3.46. The zero-order valence-electron chi connectivity index (χ0n) is 24.4. The smallest absolute Gasteiger partial charge is 0.325 e. The zero-order chi connectivity index (χ0) is 34.2. The van der Waals surface area contributed by atoms with Gasteiger partial charge in [-0.3, -0.25) is 38.4 Å². The molecule has 0 saturated carbocycles. The Morgan fingerprint density at radius 1 is 0.659 bits per heavy atom. The van der Waals surface area contributed by atoms with E-state index in [0.29, 0.717) is 0 Å². The number of carbonyl (C=O) groups excluding carboxylic acids is 6. The maximum Gasteiger partial charge on any atom is 0.325 e. The van der Waals surface area contributed by atoms with E-state index in [-0.39, 0.29) is 63.5 Å². The molecule has 0 rings (SSSR count). The first-order chi connectivity index (χ1) is 20.6. The van der Waals surface area contributed by atoms with Crippen LogP contribution in [-0.4, -0.2) is 120 Å². The minimum atomic E-state index is -1.20. The molecule has 0 aliphatic heterocycles. The van der Waals surface area contributed by atoms with E-state index in [0.717, 1.165) is 0 Å². The first kappa shape index (κ1) is 42.5. The molecular weight excluding hydrogens is 628 g/mol. The summed E-state index contributed by atoms with van der Waals surface area (Å²) in [4.78, 5) is 90.0. The highest BCUT2D eigenvalue weighted by molar-refractivity contribution is 7.80. The molecular formula is C24H42N6O12S2. The van der Waals surface area contributed by atoms with Crippen LogP contribution in [0.4, 0.5) is 0 Å². The number of carboxylic acids is 2. The van der Waals surface area contributed by atoms with Crippen LogP contribution in [0, 0.1) is 0 Å². The topological polar surface area (TPSA) is 296 Å². The highest BCUT2D eigenvalue weighted by atomic mass is 32.1. The molecule has 18 nitrogen and oxygen atoms in total. The van der Waals surface area contributed by atoms with Gasteiger partial charge in [0, 0.05) is 24.3 Å². The van der Waals surface area contributed by atoms with Crippen LogP contribution >= 0.6 is 25.3 Å². The van der Waals surface area contributed by atoms with Crippen LogP contribution in [0.3, 0.4) is 0 Å². The van der Waals surface area contributed by atoms with Crippen LogP contribution < -0.4 is 32.7 Å². The second kappa shape index (κ2) is 24.8. The summed E-state index contributed by atoms with van der Waals surface area (Å²) in [7, 11) is 0. The highest BCUT2D eigenvalue weighted by Gasteiger charge is 2.22. The Morgan fingerprint density at radius 3 is 1.23 bits per heavy atom. The Morgan fingerprint density at radius 2 is 0.977 bits per heavy atom. The molecule has 0 radical (unpaired) electrons. The Balaban J connectivity index is 0. The van der Waals surface area contributed by atoms with Gasteiger partial charge in [0.05, 0.1) is 13.2 Å². The Kier molecular flexibility index (Phi) is 23.9. The summed E-state index contributed by atoms with van der Waals surface area (Å²) in [5.74, 6) is -5.77. The van der Waals surface area contributed by atoms with Gasteiger partial charge in [-0.15, -0.1) is 0 Å². The van der Waals surface area contributed by atoms with Crippen LogP contribution in [0.1, 0.15) is 39.5 Å². The number of aliphatic carboxylic acids is 2. The van der Waals surface area contributed by atoms with Crippen molar-refractivity contribution in [2.75, 3.05) is 37.8 Å². The molecule has 20 heteroatoms. The molecule has 0 spiro atoms. The fraction of sp³-hybridized carbons (Fsp3) is 0.667. The number of ether oxygens (including phenoxy) is 2. The average molecular weight is 671 g/mol. The molecule has 4 atom stereocenters. The van der Waals surface area contributed by atoms with Gasteiger partial charge in [0.1, 0.15) is 37.3 Å². The van der Waals surface area contributed by atoms with Crippen molar-refractivity contribution < 1.29 is 58.0 Å². The molecule has 0 aromatic carbocycles. The van der Waals surface area contributed by atoms with E-state index in [2.05, 4.69) is 56.0 Å². The molecule has 0 heterocycles. The van der Waals surface area contributed by atoms with Crippen LogP contribution in [-0.2, 0) is 47.8 Å². The van der Waals surface area contributed by atoms with E-state index < -0.39 is 71.7 Å². The fourth-order valence-electron chi connectivity index (χ4n) is 2.73. The van der Waals surface area contributed by atoms with Crippen LogP contribution in [0.5, 0.6) is 0 Å². The first-order valence-electron chi connectivity index (χ1n) is 13.3. The molecule has 44 heavy (non-hydrogen) atoms. The highest BCUT2D eigenvalue weighted by Crippen LogP contribution is 1.98. The number of hydrogen-bond donors (Lipinski definition) is 10. The summed E-state index contributed by atoms with van der Waals surface area (Å²) in [6.07, 6.45) is -0.373. The van der Waals surface area contributed by atoms with E-state index in [4.69, 9.17) is 21.7 Å². The maximum absolute atomic E-state index is 11.8. The third-order valence-electron chi connectivity index (χ3n) is 5.09. The lowest BCUT2D eigenvalue weighted by Crippen LogP contribution is -2.49. The first-order valence-corrected chi connectivity index (χ1v) is 14.5. The van der Waals surface area contributed by atoms with Crippen molar-refractivity contribution in [2.24, 2.45) is 11.5 Å². The standard InChI is InChI=1S/2C12H21N3O6S/c2*1-2-21-10(17)5-14-11(18)8(6-22)15-9(16)4-3-7(13)12(19)20/h2*7-8,22H,2-6,13H2,1H3,(H,14,18)(H,15,16)(H,19,20)/t7-,8-;/m0./s1. The summed E-state index contributed by atoms with van der Waals surface area (Å²) < 4.78 is 9.29. The van der Waals surface area contributed by atoms with Crippen molar-refractivity contribution >= 4 is 72.8 Å². The SMILES string of the molecule is CCOC(=O)CNC(=O)C(CS)NC(=O)CCC(N)C(=O)O.CCOC(=O)CNC(=O)[C@H](CS)NC(=O)CC[C@H](N)C(=O)O. The van der Waals surface area contributed by atoms with E-state index in [1.165, 1.54) is 0 Å². The number of amides is 4. The maximum atomic E-state index is 11.8. The molecule has 4 amide bonds. The van der Waals surface area contributed by atoms with Crippen molar-refractivity contribution in [3.63, 3.8) is 0 Å². The molecule has 0 fully saturated rings. The van der Waals surface area contributed by atoms with Gasteiger partial charge in [-0.2, -0.15) is 25.3 Å². The summed E-state index contributed by atoms with van der Waals surface area (Å²) in [6, 6.07) is -4.16. The lowest BCUT2D eigenvalue weighted by Gasteiger charge is -2.16. The summed E-state index contributed by atoms with van der Waals surface area (Å²) in [6.45, 7) is 3.06. The molecule has 2 unspecified atom stereocenters. The molecule has 252 valence electrons. The van der Waals surface area contributed by atoms with Gasteiger partial charge in [0.15, 0.2) is 0 Å². The van der Waals surface area contributed by atoms with Gasteiger partial charge in [-0.1, -0.05) is 0 Å². The van der Waals surface area contributed by atoms with Crippen molar-refractivity contribution in [3.8, 4) is 0 Å². The molecule has 0 aliphatic carbocycles. The normalized spacial score (nSPS) is 12.9. The zero-order valence-corrected chi connectivity index (χ0v) is 26.2. The molecule has 0 aliphatic rings. The number of esters is 2. The number of carboxylic acid groups (broad SMARTS) is 2. The number of carbonyl (C=O) groups is 8. The molecule has 0 aromatic rings. The minimum absolute atomic E-state index is 0.0192. The fourth-order valence-corrected chi connectivity index (χ4v) is 3.24. The number of rotatable bonds is 20. The van der Waals surface area contributed by atoms with E-state index in [1.54, 1.807) is 13.8 Å². The average Bonchev–Trinajstić information content (AvgIpc) is 2.97. The van der Waals surface area contributed by atoms with E-state index in [1.807, 2.05) is 0 Å². The number of thiol groups is 2. The summed E-state index contributed by atoms with van der Waals surface area (Å²) in [5, 5.41) is 26.6. The van der Waals surface area contributed by atoms with E-state index in [9.17, 15) is 38.4 Å². The third kappa shape index (κ3) is 21.1. The minimum Gasteiger partial charge on any atom is -0.480 e. The van der Waals surface area contributed by atoms with Gasteiger partial charge < -0.3 is 52.4 Å². The summed E-state index contributed by atoms with van der Waals surface area (Å²) in [5.41, 5.74) is 10.5. The number of nitrogens with one attached hydrogen (secondary N) is 4. The quantitative estimate of drug-likeness (QED) is 0.0445. The van der Waals surface area contributed by atoms with Crippen LogP contribution in [0.2, 0.25) is 0 Å². The number of nitrogens with two attached hydrogens (primary N) is 2. The monoisotopic (exact) mass is 670 g/mol. The Labute approximate surface area is 264 Å². The van der Waals surface area contributed by atoms with E-state index >= 15 is 0 Å². The van der Waals surface area contributed by atoms with Gasteiger partial charge in [0.2, 0.25) is 23.6 Å². The van der Waals surface area contributed by atoms with Crippen LogP contribution in [0.25, 0.3) is 0 Å². The van der Waals surface area contributed by atoms with Gasteiger partial charge in [0.25, 0.3) is 0 Å². The van der Waals surface area contributed by atoms with Crippen molar-refractivity contribution in [3.05, 3.63) is 0 Å². The molecule has 10 N–H and O–H groups in total. The predicted molar refractivity (Wildman–Crippen MR) is 161 cm³/mol. The van der Waals surface area contributed by atoms with Crippen molar-refractivity contribution in [1.29, 1.82) is 0 Å². The van der Waals surface area contributed by atoms with Gasteiger partial charge >= 0.3 is 23.9 Å². The molecule has 0 bridgehead atoms. The second-order valence-electron chi connectivity index (χ2n) is 8.62. The largest absolute Gasteiger partial charge is 0.480 e. The Bertz CT molecular complexity index is 911. The van der Waals surface area contributed by atoms with Crippen molar-refractivity contribution in [1.82, 2.24) is 21.3 Å². The lowest BCUT2D eigenvalue weighted by atomic mass is 10.1. The number of hydrogen-bond acceptors (Lipinski definition) is 14. The third-order valence-corrected chi connectivity index (χ3v) is 5.82. The van der Waals surface area contributed by atoms with Crippen molar-refractivity contribution in [2.45, 2.75) is 63.7 Å². The van der Waals surface area contributed by atoms with Gasteiger partial charge in [-0.25, -0.2) is 0 Å². The lowest BCUT2D eigenvalue weighted by molar-refractivity contribution is -0.144. The van der Waals surface area contributed by atoms with Gasteiger partial charge in [-0.05, 0) is 26.7 Å². The molecule has 0 aromatic heterocycles. The van der Waals surface area contributed by atoms with Crippen LogP contribution in [0.15, 0.2) is 0 Å². The summed E-state index contributed by atoms with van der Waals surface area (Å²) >= 11 is 7.89. The Hall–Kier alpha value is -3.62. The molecule has 0 saturated heterocycles. The second-order valence-corrected chi connectivity index (χ2v) is 9.35.